The summed E-state index contributed by atoms with van der Waals surface area (Å²) in [6, 6.07) is 3.11. The van der Waals surface area contributed by atoms with Crippen LogP contribution in [0.4, 0.5) is 5.13 Å². The first-order chi connectivity index (χ1) is 13.9. The zero-order chi connectivity index (χ0) is 20.9. The predicted octanol–water partition coefficient (Wildman–Crippen LogP) is 0.479. The Balaban J connectivity index is 1.45. The summed E-state index contributed by atoms with van der Waals surface area (Å²) in [5.41, 5.74) is 5.21. The SMILES string of the molecule is Cc1nc(N2CCOCC2)sc1C(=O)NNC(=O)CCNS(=O)(=O)c1cccs1. The van der Waals surface area contributed by atoms with Crippen molar-refractivity contribution in [2.24, 2.45) is 0 Å². The number of carbonyl (C=O) groups is 2. The number of aryl methyl sites for hydroxylation is 1. The maximum Gasteiger partial charge on any atom is 0.281 e. The van der Waals surface area contributed by atoms with Crippen molar-refractivity contribution in [2.45, 2.75) is 17.6 Å². The topological polar surface area (TPSA) is 130 Å². The summed E-state index contributed by atoms with van der Waals surface area (Å²) in [5.74, 6) is -0.977. The molecule has 2 aromatic rings. The Kier molecular flexibility index (Phi) is 7.18. The van der Waals surface area contributed by atoms with E-state index in [9.17, 15) is 18.0 Å². The van der Waals surface area contributed by atoms with E-state index in [0.29, 0.717) is 36.9 Å². The van der Waals surface area contributed by atoms with Crippen LogP contribution in [0.5, 0.6) is 0 Å². The van der Waals surface area contributed by atoms with E-state index in [4.69, 9.17) is 4.74 Å². The summed E-state index contributed by atoms with van der Waals surface area (Å²) in [4.78, 5) is 31.1. The van der Waals surface area contributed by atoms with E-state index in [2.05, 4.69) is 25.5 Å². The lowest BCUT2D eigenvalue weighted by Crippen LogP contribution is -2.42. The van der Waals surface area contributed by atoms with Crippen LogP contribution >= 0.6 is 22.7 Å². The molecule has 0 bridgehead atoms. The Hall–Kier alpha value is -2.06. The molecule has 10 nitrogen and oxygen atoms in total. The molecule has 0 aromatic carbocycles. The molecule has 2 amide bonds. The van der Waals surface area contributed by atoms with Gasteiger partial charge in [0.1, 0.15) is 9.09 Å². The number of rotatable bonds is 7. The van der Waals surface area contributed by atoms with Crippen molar-refractivity contribution < 1.29 is 22.7 Å². The quantitative estimate of drug-likeness (QED) is 0.514. The molecule has 0 aliphatic carbocycles. The van der Waals surface area contributed by atoms with Crippen LogP contribution in [0.15, 0.2) is 21.7 Å². The number of anilines is 1. The number of aromatic nitrogens is 1. The lowest BCUT2D eigenvalue weighted by Gasteiger charge is -2.25. The van der Waals surface area contributed by atoms with Gasteiger partial charge in [0.15, 0.2) is 5.13 Å². The largest absolute Gasteiger partial charge is 0.378 e. The number of amides is 2. The molecule has 1 aliphatic heterocycles. The monoisotopic (exact) mass is 459 g/mol. The summed E-state index contributed by atoms with van der Waals surface area (Å²) in [6.45, 7) is 4.32. The van der Waals surface area contributed by atoms with Gasteiger partial charge in [-0.2, -0.15) is 0 Å². The number of thiazole rings is 1. The van der Waals surface area contributed by atoms with Gasteiger partial charge in [0, 0.05) is 26.1 Å². The number of morpholine rings is 1. The minimum Gasteiger partial charge on any atom is -0.378 e. The van der Waals surface area contributed by atoms with Crippen LogP contribution < -0.4 is 20.5 Å². The molecule has 1 saturated heterocycles. The smallest absolute Gasteiger partial charge is 0.281 e. The number of nitrogens with one attached hydrogen (secondary N) is 3. The first kappa shape index (κ1) is 21.6. The van der Waals surface area contributed by atoms with E-state index in [0.717, 1.165) is 16.5 Å². The minimum atomic E-state index is -3.62. The predicted molar refractivity (Wildman–Crippen MR) is 110 cm³/mol. The zero-order valence-corrected chi connectivity index (χ0v) is 18.1. The van der Waals surface area contributed by atoms with Crippen LogP contribution in [0.2, 0.25) is 0 Å². The molecule has 0 saturated carbocycles. The van der Waals surface area contributed by atoms with Gasteiger partial charge in [-0.15, -0.1) is 11.3 Å². The zero-order valence-electron chi connectivity index (χ0n) is 15.6. The van der Waals surface area contributed by atoms with E-state index < -0.39 is 21.8 Å². The highest BCUT2D eigenvalue weighted by Crippen LogP contribution is 2.26. The molecule has 0 radical (unpaired) electrons. The third-order valence-electron chi connectivity index (χ3n) is 3.99. The molecule has 3 N–H and O–H groups in total. The van der Waals surface area contributed by atoms with Gasteiger partial charge in [-0.05, 0) is 18.4 Å². The van der Waals surface area contributed by atoms with Crippen molar-refractivity contribution in [1.29, 1.82) is 0 Å². The van der Waals surface area contributed by atoms with Gasteiger partial charge in [0.2, 0.25) is 15.9 Å². The normalized spacial score (nSPS) is 14.6. The summed E-state index contributed by atoms with van der Waals surface area (Å²) in [5, 5.41) is 2.40. The number of thiophene rings is 1. The van der Waals surface area contributed by atoms with Crippen LogP contribution in [0.1, 0.15) is 21.8 Å². The average molecular weight is 460 g/mol. The van der Waals surface area contributed by atoms with Crippen molar-refractivity contribution in [1.82, 2.24) is 20.6 Å². The molecule has 2 aromatic heterocycles. The highest BCUT2D eigenvalue weighted by molar-refractivity contribution is 7.91. The Bertz CT molecular complexity index is 952. The van der Waals surface area contributed by atoms with Gasteiger partial charge in [-0.25, -0.2) is 18.1 Å². The molecule has 158 valence electrons. The first-order valence-corrected chi connectivity index (χ1v) is 12.0. The van der Waals surface area contributed by atoms with Gasteiger partial charge in [0.05, 0.1) is 18.9 Å². The van der Waals surface area contributed by atoms with Crippen LogP contribution in [0.3, 0.4) is 0 Å². The van der Waals surface area contributed by atoms with Crippen molar-refractivity contribution >= 4 is 49.6 Å². The molecule has 3 heterocycles. The standard InChI is InChI=1S/C16H21N5O5S3/c1-11-14(28-16(18-11)21-6-8-26-9-7-21)15(23)20-19-12(22)4-5-17-29(24,25)13-3-2-10-27-13/h2-3,10,17H,4-9H2,1H3,(H,19,22)(H,20,23). The van der Waals surface area contributed by atoms with Gasteiger partial charge in [-0.1, -0.05) is 17.4 Å². The fourth-order valence-electron chi connectivity index (χ4n) is 2.51. The fraction of sp³-hybridized carbons (Fsp3) is 0.438. The molecule has 0 spiro atoms. The molecule has 3 rings (SSSR count). The minimum absolute atomic E-state index is 0.0807. The molecule has 29 heavy (non-hydrogen) atoms. The van der Waals surface area contributed by atoms with Crippen LogP contribution in [0, 0.1) is 6.92 Å². The number of sulfonamides is 1. The van der Waals surface area contributed by atoms with E-state index in [1.54, 1.807) is 18.4 Å². The van der Waals surface area contributed by atoms with Gasteiger partial charge >= 0.3 is 0 Å². The van der Waals surface area contributed by atoms with Crippen molar-refractivity contribution in [3.05, 3.63) is 28.1 Å². The third-order valence-corrected chi connectivity index (χ3v) is 8.07. The second-order valence-electron chi connectivity index (χ2n) is 6.09. The Morgan fingerprint density at radius 2 is 2.03 bits per heavy atom. The summed E-state index contributed by atoms with van der Waals surface area (Å²) in [6.07, 6.45) is -0.119. The highest BCUT2D eigenvalue weighted by atomic mass is 32.2. The summed E-state index contributed by atoms with van der Waals surface area (Å²) >= 11 is 2.34. The van der Waals surface area contributed by atoms with E-state index in [1.165, 1.54) is 17.4 Å². The number of carbonyl (C=O) groups excluding carboxylic acids is 2. The molecule has 0 atom stereocenters. The highest BCUT2D eigenvalue weighted by Gasteiger charge is 2.21. The number of ether oxygens (including phenoxy) is 1. The van der Waals surface area contributed by atoms with E-state index >= 15 is 0 Å². The maximum atomic E-state index is 12.3. The third kappa shape index (κ3) is 5.73. The number of hydrazine groups is 1. The lowest BCUT2D eigenvalue weighted by molar-refractivity contribution is -0.121. The molecule has 0 unspecified atom stereocenters. The molecule has 13 heteroatoms. The molecule has 1 aliphatic rings. The van der Waals surface area contributed by atoms with Crippen LogP contribution in [-0.2, 0) is 19.6 Å². The number of nitrogens with zero attached hydrogens (tertiary/aromatic N) is 2. The second kappa shape index (κ2) is 9.63. The van der Waals surface area contributed by atoms with Crippen molar-refractivity contribution in [3.8, 4) is 0 Å². The van der Waals surface area contributed by atoms with Crippen molar-refractivity contribution in [3.63, 3.8) is 0 Å². The fourth-order valence-corrected chi connectivity index (χ4v) is 5.60. The summed E-state index contributed by atoms with van der Waals surface area (Å²) in [7, 11) is -3.62. The summed E-state index contributed by atoms with van der Waals surface area (Å²) < 4.78 is 31.8. The Morgan fingerprint density at radius 1 is 1.28 bits per heavy atom. The van der Waals surface area contributed by atoms with Gasteiger partial charge in [0.25, 0.3) is 5.91 Å². The van der Waals surface area contributed by atoms with Gasteiger partial charge in [-0.3, -0.25) is 20.4 Å². The molecular formula is C16H21N5O5S3. The van der Waals surface area contributed by atoms with Crippen molar-refractivity contribution in [2.75, 3.05) is 37.7 Å². The first-order valence-electron chi connectivity index (χ1n) is 8.79. The Morgan fingerprint density at radius 3 is 2.72 bits per heavy atom. The molecular weight excluding hydrogens is 438 g/mol. The molecule has 1 fully saturated rings. The second-order valence-corrected chi connectivity index (χ2v) is 10.0. The van der Waals surface area contributed by atoms with Crippen LogP contribution in [0.25, 0.3) is 0 Å². The number of hydrogen-bond acceptors (Lipinski definition) is 9. The Labute approximate surface area is 176 Å². The maximum absolute atomic E-state index is 12.3. The lowest BCUT2D eigenvalue weighted by atomic mass is 10.4. The number of hydrogen-bond donors (Lipinski definition) is 3. The van der Waals surface area contributed by atoms with Crippen LogP contribution in [-0.4, -0.2) is 58.1 Å². The van der Waals surface area contributed by atoms with E-state index in [1.807, 2.05) is 0 Å². The van der Waals surface area contributed by atoms with Gasteiger partial charge < -0.3 is 9.64 Å². The average Bonchev–Trinajstić information content (AvgIpc) is 3.37. The van der Waals surface area contributed by atoms with E-state index in [-0.39, 0.29) is 17.2 Å².